The van der Waals surface area contributed by atoms with E-state index in [0.717, 1.165) is 17.0 Å². The lowest BCUT2D eigenvalue weighted by molar-refractivity contribution is -0.696. The summed E-state index contributed by atoms with van der Waals surface area (Å²) in [6.07, 6.45) is 1.92. The van der Waals surface area contributed by atoms with Gasteiger partial charge in [-0.1, -0.05) is 6.07 Å². The van der Waals surface area contributed by atoms with Gasteiger partial charge in [-0.25, -0.2) is 0 Å². The van der Waals surface area contributed by atoms with E-state index in [9.17, 15) is 5.11 Å². The average molecular weight is 229 g/mol. The van der Waals surface area contributed by atoms with Crippen LogP contribution < -0.4 is 14.4 Å². The van der Waals surface area contributed by atoms with Crippen LogP contribution >= 0.6 is 0 Å². The van der Waals surface area contributed by atoms with Crippen LogP contribution in [0.1, 0.15) is 11.3 Å². The normalized spacial score (nSPS) is 10.2. The lowest BCUT2D eigenvalue weighted by Gasteiger charge is -2.08. The molecule has 1 aromatic heterocycles. The van der Waals surface area contributed by atoms with Crippen LogP contribution in [-0.2, 0) is 6.54 Å². The highest BCUT2D eigenvalue weighted by atomic mass is 16.5. The average Bonchev–Trinajstić information content (AvgIpc) is 2.36. The monoisotopic (exact) mass is 229 g/mol. The van der Waals surface area contributed by atoms with Gasteiger partial charge in [-0.05, 0) is 30.0 Å². The third kappa shape index (κ3) is 2.56. The van der Waals surface area contributed by atoms with E-state index in [-0.39, 0.29) is 5.75 Å². The molecule has 1 aromatic carbocycles. The van der Waals surface area contributed by atoms with Crippen molar-refractivity contribution in [2.24, 2.45) is 0 Å². The third-order valence-corrected chi connectivity index (χ3v) is 2.81. The second-order valence-corrected chi connectivity index (χ2v) is 3.93. The molecular formula is C14H15NO2. The second-order valence-electron chi connectivity index (χ2n) is 3.93. The minimum atomic E-state index is 0.0704. The van der Waals surface area contributed by atoms with Gasteiger partial charge in [-0.2, -0.15) is 4.57 Å². The van der Waals surface area contributed by atoms with E-state index < -0.39 is 0 Å². The number of methoxy groups -OCH3 is 1. The van der Waals surface area contributed by atoms with E-state index in [2.05, 4.69) is 0 Å². The highest BCUT2D eigenvalue weighted by molar-refractivity contribution is 5.26. The second kappa shape index (κ2) is 4.87. The summed E-state index contributed by atoms with van der Waals surface area (Å²) in [6.45, 7) is 2.54. The standard InChI is InChI=1S/C14H15NO2/c1-11-14(16)4-3-9-15(11)10-12-5-7-13(17-2)8-6-12/h3-9H,10H2,1-2H3. The van der Waals surface area contributed by atoms with Gasteiger partial charge in [-0.15, -0.1) is 0 Å². The molecule has 3 nitrogen and oxygen atoms in total. The maximum atomic E-state index is 11.5. The van der Waals surface area contributed by atoms with Gasteiger partial charge in [0, 0.05) is 18.6 Å². The van der Waals surface area contributed by atoms with E-state index in [1.807, 2.05) is 42.0 Å². The Bertz CT molecular complexity index is 506. The lowest BCUT2D eigenvalue weighted by Crippen LogP contribution is -2.37. The highest BCUT2D eigenvalue weighted by Crippen LogP contribution is 2.12. The van der Waals surface area contributed by atoms with E-state index in [0.29, 0.717) is 6.54 Å². The topological polar surface area (TPSA) is 36.2 Å². The Balaban J connectivity index is 2.22. The molecule has 0 aliphatic carbocycles. The van der Waals surface area contributed by atoms with Gasteiger partial charge in [0.25, 0.3) is 0 Å². The molecule has 0 radical (unpaired) electrons. The first kappa shape index (κ1) is 11.5. The van der Waals surface area contributed by atoms with Crippen molar-refractivity contribution in [2.45, 2.75) is 13.5 Å². The van der Waals surface area contributed by atoms with Crippen LogP contribution in [0.5, 0.6) is 11.5 Å². The highest BCUT2D eigenvalue weighted by Gasteiger charge is 2.06. The van der Waals surface area contributed by atoms with Crippen molar-refractivity contribution in [1.82, 2.24) is 0 Å². The predicted molar refractivity (Wildman–Crippen MR) is 62.9 cm³/mol. The maximum absolute atomic E-state index is 11.5. The molecule has 3 heteroatoms. The molecule has 0 N–H and O–H groups in total. The van der Waals surface area contributed by atoms with Gasteiger partial charge in [0.2, 0.25) is 0 Å². The van der Waals surface area contributed by atoms with Crippen LogP contribution in [-0.4, -0.2) is 7.11 Å². The summed E-state index contributed by atoms with van der Waals surface area (Å²) >= 11 is 0. The van der Waals surface area contributed by atoms with E-state index in [1.165, 1.54) is 0 Å². The van der Waals surface area contributed by atoms with Gasteiger partial charge < -0.3 is 9.84 Å². The summed E-state index contributed by atoms with van der Waals surface area (Å²) < 4.78 is 7.05. The molecular weight excluding hydrogens is 214 g/mol. The van der Waals surface area contributed by atoms with Crippen LogP contribution in [0.2, 0.25) is 0 Å². The van der Waals surface area contributed by atoms with Crippen molar-refractivity contribution < 1.29 is 14.4 Å². The van der Waals surface area contributed by atoms with Crippen molar-refractivity contribution in [3.63, 3.8) is 0 Å². The summed E-state index contributed by atoms with van der Waals surface area (Å²) in [7, 11) is 1.65. The smallest absolute Gasteiger partial charge is 0.174 e. The zero-order valence-electron chi connectivity index (χ0n) is 10.0. The van der Waals surface area contributed by atoms with E-state index in [1.54, 1.807) is 19.2 Å². The fourth-order valence-corrected chi connectivity index (χ4v) is 1.71. The number of pyridine rings is 1. The number of rotatable bonds is 3. The molecule has 2 aromatic rings. The predicted octanol–water partition coefficient (Wildman–Crippen LogP) is 1.41. The summed E-state index contributed by atoms with van der Waals surface area (Å²) in [5.74, 6) is 0.911. The summed E-state index contributed by atoms with van der Waals surface area (Å²) in [5.41, 5.74) is 1.90. The molecule has 0 unspecified atom stereocenters. The minimum absolute atomic E-state index is 0.0704. The molecule has 0 spiro atoms. The fraction of sp³-hybridized carbons (Fsp3) is 0.214. The molecule has 0 atom stereocenters. The first-order valence-electron chi connectivity index (χ1n) is 5.49. The molecule has 17 heavy (non-hydrogen) atoms. The number of hydrogen-bond acceptors (Lipinski definition) is 2. The quantitative estimate of drug-likeness (QED) is 0.746. The minimum Gasteiger partial charge on any atom is -0.868 e. The van der Waals surface area contributed by atoms with Crippen LogP contribution in [0.15, 0.2) is 42.6 Å². The molecule has 0 aliphatic rings. The fourth-order valence-electron chi connectivity index (χ4n) is 1.71. The summed E-state index contributed by atoms with van der Waals surface area (Å²) in [4.78, 5) is 0. The maximum Gasteiger partial charge on any atom is 0.174 e. The largest absolute Gasteiger partial charge is 0.868 e. The number of ether oxygens (including phenoxy) is 1. The Kier molecular flexibility index (Phi) is 3.28. The van der Waals surface area contributed by atoms with Crippen LogP contribution in [0.25, 0.3) is 0 Å². The Morgan fingerprint density at radius 2 is 1.88 bits per heavy atom. The van der Waals surface area contributed by atoms with Gasteiger partial charge >= 0.3 is 0 Å². The molecule has 88 valence electrons. The van der Waals surface area contributed by atoms with E-state index >= 15 is 0 Å². The van der Waals surface area contributed by atoms with E-state index in [4.69, 9.17) is 4.74 Å². The number of hydrogen-bond donors (Lipinski definition) is 0. The van der Waals surface area contributed by atoms with Gasteiger partial charge in [-0.3, -0.25) is 0 Å². The molecule has 0 saturated carbocycles. The van der Waals surface area contributed by atoms with Gasteiger partial charge in [0.1, 0.15) is 5.75 Å². The Morgan fingerprint density at radius 1 is 1.18 bits per heavy atom. The first-order valence-corrected chi connectivity index (χ1v) is 5.49. The van der Waals surface area contributed by atoms with Crippen LogP contribution in [0, 0.1) is 6.92 Å². The number of nitrogens with zero attached hydrogens (tertiary/aromatic N) is 1. The zero-order chi connectivity index (χ0) is 12.3. The molecule has 1 heterocycles. The Hall–Kier alpha value is -2.03. The molecule has 0 bridgehead atoms. The molecule has 0 saturated heterocycles. The summed E-state index contributed by atoms with van der Waals surface area (Å²) in [5, 5.41) is 11.5. The summed E-state index contributed by atoms with van der Waals surface area (Å²) in [6, 6.07) is 11.2. The van der Waals surface area contributed by atoms with Crippen molar-refractivity contribution in [3.8, 4) is 11.5 Å². The van der Waals surface area contributed by atoms with Gasteiger partial charge in [0.15, 0.2) is 18.4 Å². The number of aromatic nitrogens is 1. The third-order valence-electron chi connectivity index (χ3n) is 2.81. The Labute approximate surface area is 101 Å². The van der Waals surface area contributed by atoms with Crippen molar-refractivity contribution in [3.05, 3.63) is 53.9 Å². The first-order chi connectivity index (χ1) is 8.20. The van der Waals surface area contributed by atoms with Crippen molar-refractivity contribution in [1.29, 1.82) is 0 Å². The molecule has 0 fully saturated rings. The lowest BCUT2D eigenvalue weighted by atomic mass is 10.2. The zero-order valence-corrected chi connectivity index (χ0v) is 10.0. The molecule has 0 aliphatic heterocycles. The Morgan fingerprint density at radius 3 is 2.53 bits per heavy atom. The van der Waals surface area contributed by atoms with Crippen molar-refractivity contribution in [2.75, 3.05) is 7.11 Å². The van der Waals surface area contributed by atoms with Crippen LogP contribution in [0.3, 0.4) is 0 Å². The number of benzene rings is 1. The van der Waals surface area contributed by atoms with Crippen LogP contribution in [0.4, 0.5) is 0 Å². The molecule has 2 rings (SSSR count). The van der Waals surface area contributed by atoms with Gasteiger partial charge in [0.05, 0.1) is 7.11 Å². The van der Waals surface area contributed by atoms with Crippen molar-refractivity contribution >= 4 is 0 Å². The SMILES string of the molecule is COc1ccc(C[n+]2cccc([O-])c2C)cc1. The molecule has 0 amide bonds.